The number of nitriles is 1. The molecule has 7 heteroatoms. The minimum absolute atomic E-state index is 0.0264. The van der Waals surface area contributed by atoms with Crippen molar-refractivity contribution in [1.82, 2.24) is 15.2 Å². The topological polar surface area (TPSA) is 94.5 Å². The van der Waals surface area contributed by atoms with E-state index >= 15 is 0 Å². The maximum absolute atomic E-state index is 13.5. The fourth-order valence-corrected chi connectivity index (χ4v) is 1.31. The molecule has 0 saturated carbocycles. The quantitative estimate of drug-likeness (QED) is 0.835. The van der Waals surface area contributed by atoms with Gasteiger partial charge in [0.1, 0.15) is 11.6 Å². The third kappa shape index (κ3) is 2.32. The lowest BCUT2D eigenvalue weighted by atomic mass is 10.2. The Morgan fingerprint density at radius 2 is 2.33 bits per heavy atom. The summed E-state index contributed by atoms with van der Waals surface area (Å²) in [6, 6.07) is 5.56. The van der Waals surface area contributed by atoms with Crippen molar-refractivity contribution in [2.24, 2.45) is 0 Å². The number of carbonyl (C=O) groups excluding carboxylic acids is 1. The Bertz CT molecular complexity index is 643. The van der Waals surface area contributed by atoms with E-state index in [1.54, 1.807) is 13.0 Å². The van der Waals surface area contributed by atoms with Crippen molar-refractivity contribution in [3.63, 3.8) is 0 Å². The standard InChI is InChI=1S/C11H8FN5O/c1-6-14-10(17-16-6)11(18)15-9-3-2-7(5-13)4-8(9)12/h2-4H,1H3,(H,15,18)(H,14,16,17). The Hall–Kier alpha value is -2.75. The molecule has 90 valence electrons. The highest BCUT2D eigenvalue weighted by Gasteiger charge is 2.13. The van der Waals surface area contributed by atoms with Gasteiger partial charge in [0.05, 0.1) is 17.3 Å². The van der Waals surface area contributed by atoms with Gasteiger partial charge in [-0.15, -0.1) is 5.10 Å². The van der Waals surface area contributed by atoms with Crippen LogP contribution in [0.3, 0.4) is 0 Å². The van der Waals surface area contributed by atoms with Gasteiger partial charge < -0.3 is 5.32 Å². The normalized spacial score (nSPS) is 9.83. The van der Waals surface area contributed by atoms with E-state index in [9.17, 15) is 9.18 Å². The molecule has 2 N–H and O–H groups in total. The van der Waals surface area contributed by atoms with Gasteiger partial charge in [0.2, 0.25) is 5.82 Å². The summed E-state index contributed by atoms with van der Waals surface area (Å²) in [7, 11) is 0. The number of benzene rings is 1. The lowest BCUT2D eigenvalue weighted by Crippen LogP contribution is -2.14. The van der Waals surface area contributed by atoms with Crippen molar-refractivity contribution in [2.45, 2.75) is 6.92 Å². The third-order valence-electron chi connectivity index (χ3n) is 2.15. The van der Waals surface area contributed by atoms with E-state index in [4.69, 9.17) is 5.26 Å². The van der Waals surface area contributed by atoms with Gasteiger partial charge in [-0.2, -0.15) is 5.26 Å². The molecule has 0 spiro atoms. The Kier molecular flexibility index (Phi) is 3.02. The maximum atomic E-state index is 13.5. The predicted molar refractivity (Wildman–Crippen MR) is 60.2 cm³/mol. The Labute approximate surface area is 101 Å². The Morgan fingerprint density at radius 3 is 2.89 bits per heavy atom. The SMILES string of the molecule is Cc1nc(C(=O)Nc2ccc(C#N)cc2F)n[nH]1. The van der Waals surface area contributed by atoms with Gasteiger partial charge in [-0.1, -0.05) is 0 Å². The van der Waals surface area contributed by atoms with Crippen LogP contribution in [-0.4, -0.2) is 21.1 Å². The summed E-state index contributed by atoms with van der Waals surface area (Å²) in [5.41, 5.74) is 0.153. The van der Waals surface area contributed by atoms with E-state index in [-0.39, 0.29) is 17.1 Å². The lowest BCUT2D eigenvalue weighted by Gasteiger charge is -2.03. The van der Waals surface area contributed by atoms with Crippen LogP contribution in [0.2, 0.25) is 0 Å². The summed E-state index contributed by atoms with van der Waals surface area (Å²) < 4.78 is 13.5. The van der Waals surface area contributed by atoms with Gasteiger partial charge in [0.25, 0.3) is 5.91 Å². The van der Waals surface area contributed by atoms with Crippen LogP contribution in [0.4, 0.5) is 10.1 Å². The fraction of sp³-hybridized carbons (Fsp3) is 0.0909. The van der Waals surface area contributed by atoms with Crippen molar-refractivity contribution in [3.05, 3.63) is 41.2 Å². The second-order valence-corrected chi connectivity index (χ2v) is 3.50. The number of carbonyl (C=O) groups is 1. The van der Waals surface area contributed by atoms with Crippen LogP contribution < -0.4 is 5.32 Å². The first-order valence-electron chi connectivity index (χ1n) is 5.00. The summed E-state index contributed by atoms with van der Waals surface area (Å²) >= 11 is 0. The van der Waals surface area contributed by atoms with Crippen LogP contribution in [0.1, 0.15) is 22.0 Å². The average molecular weight is 245 g/mol. The zero-order chi connectivity index (χ0) is 13.1. The molecule has 0 unspecified atom stereocenters. The molecular formula is C11H8FN5O. The summed E-state index contributed by atoms with van der Waals surface area (Å²) in [4.78, 5) is 15.5. The molecule has 2 rings (SSSR count). The average Bonchev–Trinajstić information content (AvgIpc) is 2.78. The molecule has 18 heavy (non-hydrogen) atoms. The molecule has 0 aliphatic carbocycles. The van der Waals surface area contributed by atoms with Crippen molar-refractivity contribution in [2.75, 3.05) is 5.32 Å². The molecular weight excluding hydrogens is 237 g/mol. The summed E-state index contributed by atoms with van der Waals surface area (Å²) in [5, 5.41) is 17.1. The number of nitrogens with zero attached hydrogens (tertiary/aromatic N) is 3. The third-order valence-corrected chi connectivity index (χ3v) is 2.15. The van der Waals surface area contributed by atoms with Gasteiger partial charge in [0, 0.05) is 0 Å². The molecule has 0 atom stereocenters. The molecule has 2 aromatic rings. The highest BCUT2D eigenvalue weighted by Crippen LogP contribution is 2.15. The van der Waals surface area contributed by atoms with Crippen LogP contribution >= 0.6 is 0 Å². The van der Waals surface area contributed by atoms with Crippen LogP contribution in [-0.2, 0) is 0 Å². The second kappa shape index (κ2) is 4.63. The van der Waals surface area contributed by atoms with E-state index < -0.39 is 11.7 Å². The molecule has 0 bridgehead atoms. The molecule has 0 aliphatic rings. The number of hydrogen-bond acceptors (Lipinski definition) is 4. The van der Waals surface area contributed by atoms with Gasteiger partial charge in [-0.05, 0) is 25.1 Å². The Morgan fingerprint density at radius 1 is 1.56 bits per heavy atom. The monoisotopic (exact) mass is 245 g/mol. The summed E-state index contributed by atoms with van der Waals surface area (Å²) in [6.45, 7) is 1.64. The first kappa shape index (κ1) is 11.7. The smallest absolute Gasteiger partial charge is 0.295 e. The van der Waals surface area contributed by atoms with Gasteiger partial charge in [0.15, 0.2) is 0 Å². The van der Waals surface area contributed by atoms with Gasteiger partial charge in [-0.25, -0.2) is 9.37 Å². The predicted octanol–water partition coefficient (Wildman–Crippen LogP) is 1.38. The largest absolute Gasteiger partial charge is 0.317 e. The Balaban J connectivity index is 2.20. The molecule has 0 aliphatic heterocycles. The zero-order valence-corrected chi connectivity index (χ0v) is 9.36. The number of anilines is 1. The lowest BCUT2D eigenvalue weighted by molar-refractivity contribution is 0.101. The van der Waals surface area contributed by atoms with E-state index in [0.29, 0.717) is 5.82 Å². The zero-order valence-electron chi connectivity index (χ0n) is 9.36. The van der Waals surface area contributed by atoms with E-state index in [0.717, 1.165) is 6.07 Å². The summed E-state index contributed by atoms with van der Waals surface area (Å²) in [5.74, 6) is -0.894. The maximum Gasteiger partial charge on any atom is 0.295 e. The number of rotatable bonds is 2. The summed E-state index contributed by atoms with van der Waals surface area (Å²) in [6.07, 6.45) is 0. The molecule has 0 fully saturated rings. The van der Waals surface area contributed by atoms with Crippen LogP contribution in [0.25, 0.3) is 0 Å². The van der Waals surface area contributed by atoms with Crippen LogP contribution in [0, 0.1) is 24.1 Å². The molecule has 0 radical (unpaired) electrons. The molecule has 0 saturated heterocycles. The minimum Gasteiger partial charge on any atom is -0.317 e. The first-order chi connectivity index (χ1) is 8.60. The highest BCUT2D eigenvalue weighted by atomic mass is 19.1. The van der Waals surface area contributed by atoms with Crippen molar-refractivity contribution in [1.29, 1.82) is 5.26 Å². The van der Waals surface area contributed by atoms with Gasteiger partial charge >= 0.3 is 0 Å². The van der Waals surface area contributed by atoms with Crippen molar-refractivity contribution >= 4 is 11.6 Å². The van der Waals surface area contributed by atoms with E-state index in [1.807, 2.05) is 0 Å². The first-order valence-corrected chi connectivity index (χ1v) is 5.00. The molecule has 1 aromatic heterocycles. The number of amides is 1. The van der Waals surface area contributed by atoms with E-state index in [1.165, 1.54) is 12.1 Å². The fourth-order valence-electron chi connectivity index (χ4n) is 1.31. The van der Waals surface area contributed by atoms with E-state index in [2.05, 4.69) is 20.5 Å². The number of halogens is 1. The highest BCUT2D eigenvalue weighted by molar-refractivity contribution is 6.01. The van der Waals surface area contributed by atoms with Gasteiger partial charge in [-0.3, -0.25) is 9.89 Å². The molecule has 1 amide bonds. The molecule has 1 aromatic carbocycles. The number of hydrogen-bond donors (Lipinski definition) is 2. The number of aromatic nitrogens is 3. The molecule has 6 nitrogen and oxygen atoms in total. The van der Waals surface area contributed by atoms with Crippen LogP contribution in [0.15, 0.2) is 18.2 Å². The minimum atomic E-state index is -0.686. The number of nitrogens with one attached hydrogen (secondary N) is 2. The van der Waals surface area contributed by atoms with Crippen molar-refractivity contribution < 1.29 is 9.18 Å². The second-order valence-electron chi connectivity index (χ2n) is 3.50. The van der Waals surface area contributed by atoms with Crippen LogP contribution in [0.5, 0.6) is 0 Å². The number of H-pyrrole nitrogens is 1. The number of aromatic amines is 1. The molecule has 1 heterocycles. The van der Waals surface area contributed by atoms with Crippen molar-refractivity contribution in [3.8, 4) is 6.07 Å². The number of aryl methyl sites for hydroxylation is 1.